The molecular formula is C13H12Cl2N2OS. The van der Waals surface area contributed by atoms with Gasteiger partial charge in [-0.15, -0.1) is 0 Å². The highest BCUT2D eigenvalue weighted by atomic mass is 35.5. The predicted molar refractivity (Wildman–Crippen MR) is 81.0 cm³/mol. The van der Waals surface area contributed by atoms with Crippen molar-refractivity contribution in [2.45, 2.75) is 13.8 Å². The van der Waals surface area contributed by atoms with E-state index < -0.39 is 0 Å². The van der Waals surface area contributed by atoms with Gasteiger partial charge in [-0.1, -0.05) is 54.5 Å². The van der Waals surface area contributed by atoms with Crippen LogP contribution in [0.15, 0.2) is 24.4 Å². The number of hydrogen-bond donors (Lipinski definition) is 1. The van der Waals surface area contributed by atoms with E-state index in [2.05, 4.69) is 10.3 Å². The molecule has 0 aliphatic heterocycles. The van der Waals surface area contributed by atoms with Gasteiger partial charge in [-0.2, -0.15) is 0 Å². The van der Waals surface area contributed by atoms with Crippen molar-refractivity contribution in [1.82, 2.24) is 4.98 Å². The van der Waals surface area contributed by atoms with Crippen LogP contribution in [-0.4, -0.2) is 10.9 Å². The lowest BCUT2D eigenvalue weighted by Crippen LogP contribution is -2.16. The summed E-state index contributed by atoms with van der Waals surface area (Å²) in [4.78, 5) is 15.9. The summed E-state index contributed by atoms with van der Waals surface area (Å²) in [5, 5.41) is 5.32. The van der Waals surface area contributed by atoms with Gasteiger partial charge in [0.2, 0.25) is 5.91 Å². The summed E-state index contributed by atoms with van der Waals surface area (Å²) in [6.07, 6.45) is 1.64. The van der Waals surface area contributed by atoms with Crippen LogP contribution in [0, 0.1) is 5.92 Å². The molecule has 1 amide bonds. The number of aromatic nitrogens is 1. The normalized spacial score (nSPS) is 10.8. The number of carbonyl (C=O) groups is 1. The van der Waals surface area contributed by atoms with Crippen LogP contribution < -0.4 is 5.32 Å². The third kappa shape index (κ3) is 3.47. The first-order chi connectivity index (χ1) is 8.97. The van der Waals surface area contributed by atoms with Gasteiger partial charge in [0.1, 0.15) is 10.0 Å². The average molecular weight is 315 g/mol. The fourth-order valence-corrected chi connectivity index (χ4v) is 2.47. The van der Waals surface area contributed by atoms with Crippen molar-refractivity contribution in [2.75, 3.05) is 5.32 Å². The molecule has 1 N–H and O–H groups in total. The van der Waals surface area contributed by atoms with Crippen LogP contribution in [0.3, 0.4) is 0 Å². The first-order valence-corrected chi connectivity index (χ1v) is 7.26. The van der Waals surface area contributed by atoms with E-state index in [9.17, 15) is 4.79 Å². The van der Waals surface area contributed by atoms with Crippen molar-refractivity contribution in [1.29, 1.82) is 0 Å². The third-order valence-electron chi connectivity index (χ3n) is 2.44. The van der Waals surface area contributed by atoms with Crippen molar-refractivity contribution < 1.29 is 4.79 Å². The van der Waals surface area contributed by atoms with E-state index in [1.807, 2.05) is 19.9 Å². The number of nitrogens with one attached hydrogen (secondary N) is 1. The summed E-state index contributed by atoms with van der Waals surface area (Å²) in [5.41, 5.74) is 0.879. The highest BCUT2D eigenvalue weighted by Crippen LogP contribution is 2.32. The Morgan fingerprint density at radius 2 is 2.05 bits per heavy atom. The summed E-state index contributed by atoms with van der Waals surface area (Å²) >= 11 is 13.2. The first-order valence-electron chi connectivity index (χ1n) is 5.69. The Morgan fingerprint density at radius 1 is 1.32 bits per heavy atom. The quantitative estimate of drug-likeness (QED) is 0.891. The van der Waals surface area contributed by atoms with Crippen LogP contribution in [0.25, 0.3) is 10.6 Å². The molecule has 1 heterocycles. The Kier molecular flexibility index (Phi) is 4.45. The number of anilines is 1. The molecular weight excluding hydrogens is 303 g/mol. The maximum atomic E-state index is 11.6. The Balaban J connectivity index is 2.21. The minimum absolute atomic E-state index is 0.0238. The van der Waals surface area contributed by atoms with E-state index >= 15 is 0 Å². The number of thiazole rings is 1. The maximum absolute atomic E-state index is 11.6. The van der Waals surface area contributed by atoms with Gasteiger partial charge in [0.25, 0.3) is 0 Å². The predicted octanol–water partition coefficient (Wildman–Crippen LogP) is 4.71. The zero-order valence-corrected chi connectivity index (χ0v) is 12.7. The average Bonchev–Trinajstić information content (AvgIpc) is 2.81. The number of rotatable bonds is 3. The van der Waals surface area contributed by atoms with Gasteiger partial charge >= 0.3 is 0 Å². The van der Waals surface area contributed by atoms with Gasteiger partial charge in [-0.25, -0.2) is 4.98 Å². The lowest BCUT2D eigenvalue weighted by Gasteiger charge is -2.03. The van der Waals surface area contributed by atoms with Crippen molar-refractivity contribution in [3.63, 3.8) is 0 Å². The van der Waals surface area contributed by atoms with Crippen LogP contribution in [0.4, 0.5) is 5.00 Å². The van der Waals surface area contributed by atoms with Crippen LogP contribution in [-0.2, 0) is 4.79 Å². The smallest absolute Gasteiger partial charge is 0.227 e. The number of amides is 1. The molecule has 1 aromatic carbocycles. The lowest BCUT2D eigenvalue weighted by molar-refractivity contribution is -0.118. The fourth-order valence-electron chi connectivity index (χ4n) is 1.36. The van der Waals surface area contributed by atoms with Crippen LogP contribution in [0.5, 0.6) is 0 Å². The molecule has 0 fully saturated rings. The van der Waals surface area contributed by atoms with Gasteiger partial charge in [0, 0.05) is 11.5 Å². The molecule has 6 heteroatoms. The first kappa shape index (κ1) is 14.3. The highest BCUT2D eigenvalue weighted by molar-refractivity contribution is 7.19. The standard InChI is InChI=1S/C13H12Cl2N2OS/c1-7(2)12(18)17-11-6-16-13(19-11)8-3-4-9(14)10(15)5-8/h3-7H,1-2H3,(H,17,18). The molecule has 0 saturated heterocycles. The van der Waals surface area contributed by atoms with Crippen molar-refractivity contribution in [3.8, 4) is 10.6 Å². The summed E-state index contributed by atoms with van der Waals surface area (Å²) in [6, 6.07) is 5.34. The summed E-state index contributed by atoms with van der Waals surface area (Å²) in [6.45, 7) is 3.69. The number of nitrogens with zero attached hydrogens (tertiary/aromatic N) is 1. The zero-order chi connectivity index (χ0) is 14.0. The van der Waals surface area contributed by atoms with Gasteiger partial charge in [-0.05, 0) is 12.1 Å². The number of hydrogen-bond acceptors (Lipinski definition) is 3. The molecule has 0 unspecified atom stereocenters. The minimum Gasteiger partial charge on any atom is -0.316 e. The zero-order valence-electron chi connectivity index (χ0n) is 10.4. The monoisotopic (exact) mass is 314 g/mol. The summed E-state index contributed by atoms with van der Waals surface area (Å²) < 4.78 is 0. The molecule has 2 rings (SSSR count). The Morgan fingerprint density at radius 3 is 2.68 bits per heavy atom. The largest absolute Gasteiger partial charge is 0.316 e. The fraction of sp³-hybridized carbons (Fsp3) is 0.231. The lowest BCUT2D eigenvalue weighted by atomic mass is 10.2. The highest BCUT2D eigenvalue weighted by Gasteiger charge is 2.11. The minimum atomic E-state index is -0.0597. The van der Waals surface area contributed by atoms with Crippen LogP contribution in [0.2, 0.25) is 10.0 Å². The Labute approximate surface area is 125 Å². The van der Waals surface area contributed by atoms with E-state index in [1.165, 1.54) is 11.3 Å². The van der Waals surface area contributed by atoms with E-state index in [0.29, 0.717) is 10.0 Å². The molecule has 0 radical (unpaired) electrons. The van der Waals surface area contributed by atoms with Crippen molar-refractivity contribution in [2.24, 2.45) is 5.92 Å². The van der Waals surface area contributed by atoms with E-state index in [4.69, 9.17) is 23.2 Å². The van der Waals surface area contributed by atoms with Crippen LogP contribution in [0.1, 0.15) is 13.8 Å². The van der Waals surface area contributed by atoms with Gasteiger partial charge < -0.3 is 5.32 Å². The molecule has 2 aromatic rings. The topological polar surface area (TPSA) is 42.0 Å². The molecule has 0 aliphatic carbocycles. The number of benzene rings is 1. The summed E-state index contributed by atoms with van der Waals surface area (Å²) in [5.74, 6) is -0.0835. The summed E-state index contributed by atoms with van der Waals surface area (Å²) in [7, 11) is 0. The molecule has 0 aliphatic rings. The molecule has 19 heavy (non-hydrogen) atoms. The second-order valence-electron chi connectivity index (χ2n) is 4.30. The van der Waals surface area contributed by atoms with Crippen molar-refractivity contribution in [3.05, 3.63) is 34.4 Å². The van der Waals surface area contributed by atoms with Gasteiger partial charge in [0.15, 0.2) is 0 Å². The van der Waals surface area contributed by atoms with Crippen LogP contribution >= 0.6 is 34.5 Å². The van der Waals surface area contributed by atoms with E-state index in [1.54, 1.807) is 18.3 Å². The second-order valence-corrected chi connectivity index (χ2v) is 6.15. The van der Waals surface area contributed by atoms with Gasteiger partial charge in [-0.3, -0.25) is 4.79 Å². The van der Waals surface area contributed by atoms with E-state index in [0.717, 1.165) is 15.6 Å². The molecule has 100 valence electrons. The maximum Gasteiger partial charge on any atom is 0.227 e. The molecule has 1 aromatic heterocycles. The molecule has 0 spiro atoms. The third-order valence-corrected chi connectivity index (χ3v) is 4.14. The number of halogens is 2. The van der Waals surface area contributed by atoms with Gasteiger partial charge in [0.05, 0.1) is 16.2 Å². The molecule has 0 atom stereocenters. The Bertz CT molecular complexity index is 610. The van der Waals surface area contributed by atoms with Crippen molar-refractivity contribution >= 4 is 45.4 Å². The molecule has 0 saturated carbocycles. The molecule has 3 nitrogen and oxygen atoms in total. The SMILES string of the molecule is CC(C)C(=O)Nc1cnc(-c2ccc(Cl)c(Cl)c2)s1. The second kappa shape index (κ2) is 5.90. The van der Waals surface area contributed by atoms with E-state index in [-0.39, 0.29) is 11.8 Å². The molecule has 0 bridgehead atoms. The number of carbonyl (C=O) groups excluding carboxylic acids is 1. The Hall–Kier alpha value is -1.10.